The van der Waals surface area contributed by atoms with Crippen LogP contribution >= 0.6 is 0 Å². The Balaban J connectivity index is 4.19. The van der Waals surface area contributed by atoms with Crippen molar-refractivity contribution in [2.75, 3.05) is 13.2 Å². The number of rotatable bonds is 8. The van der Waals surface area contributed by atoms with Gasteiger partial charge in [0.1, 0.15) is 24.4 Å². The Kier molecular flexibility index (Phi) is 7.77. The Morgan fingerprint density at radius 3 is 1.62 bits per heavy atom. The van der Waals surface area contributed by atoms with Gasteiger partial charge in [-0.25, -0.2) is 0 Å². The molecule has 5 atom stereocenters. The minimum atomic E-state index is -1.77. The molecule has 0 bridgehead atoms. The van der Waals surface area contributed by atoms with Crippen LogP contribution in [0.3, 0.4) is 0 Å². The molecule has 0 aliphatic rings. The summed E-state index contributed by atoms with van der Waals surface area (Å²) in [6.07, 6.45) is -7.78. The summed E-state index contributed by atoms with van der Waals surface area (Å²) < 4.78 is 0. The van der Waals surface area contributed by atoms with Crippen molar-refractivity contribution >= 4 is 0 Å². The Hall–Kier alpha value is -0.280. The fourth-order valence-corrected chi connectivity index (χ4v) is 1.24. The van der Waals surface area contributed by atoms with Gasteiger partial charge < -0.3 is 35.7 Å². The summed E-state index contributed by atoms with van der Waals surface area (Å²) >= 11 is 0. The maximum atomic E-state index is 9.39. The van der Waals surface area contributed by atoms with Gasteiger partial charge in [0.15, 0.2) is 0 Å². The van der Waals surface area contributed by atoms with Crippen LogP contribution in [0.15, 0.2) is 0 Å². The third kappa shape index (κ3) is 4.71. The minimum absolute atomic E-state index is 0.0522. The zero-order valence-corrected chi connectivity index (χ0v) is 8.85. The highest BCUT2D eigenvalue weighted by Crippen LogP contribution is 2.11. The molecule has 0 rings (SSSR count). The maximum Gasteiger partial charge on any atom is 0.111 e. The average Bonchev–Trinajstić information content (AvgIpc) is 2.31. The SMILES string of the molecule is OCCCC(O)[C@H](O)[C@@H](O)[C@H](O)[C@H](O)CO. The fourth-order valence-electron chi connectivity index (χ4n) is 1.24. The van der Waals surface area contributed by atoms with Gasteiger partial charge >= 0.3 is 0 Å². The molecule has 0 radical (unpaired) electrons. The summed E-state index contributed by atoms with van der Waals surface area (Å²) in [5.74, 6) is 0. The van der Waals surface area contributed by atoms with E-state index >= 15 is 0 Å². The zero-order valence-electron chi connectivity index (χ0n) is 8.85. The quantitative estimate of drug-likeness (QED) is 0.234. The first-order valence-electron chi connectivity index (χ1n) is 5.07. The van der Waals surface area contributed by atoms with Crippen molar-refractivity contribution in [3.8, 4) is 0 Å². The Labute approximate surface area is 93.2 Å². The molecular formula is C9H20O7. The van der Waals surface area contributed by atoms with Crippen molar-refractivity contribution in [2.24, 2.45) is 0 Å². The standard InChI is InChI=1S/C9H20O7/c10-3-1-2-5(12)7(14)9(16)8(15)6(13)4-11/h5-16H,1-4H2/t5?,6-,7+,8-,9-/m1/s1. The average molecular weight is 240 g/mol. The van der Waals surface area contributed by atoms with Crippen LogP contribution in [-0.4, -0.2) is 79.5 Å². The number of aliphatic hydroxyl groups is 7. The third-order valence-corrected chi connectivity index (χ3v) is 2.33. The normalized spacial score (nSPS) is 21.2. The Morgan fingerprint density at radius 1 is 0.688 bits per heavy atom. The van der Waals surface area contributed by atoms with E-state index in [1.807, 2.05) is 0 Å². The van der Waals surface area contributed by atoms with E-state index in [1.165, 1.54) is 0 Å². The lowest BCUT2D eigenvalue weighted by Gasteiger charge is -2.28. The van der Waals surface area contributed by atoms with Crippen molar-refractivity contribution in [1.82, 2.24) is 0 Å². The van der Waals surface area contributed by atoms with E-state index in [0.29, 0.717) is 0 Å². The molecule has 7 N–H and O–H groups in total. The van der Waals surface area contributed by atoms with E-state index in [2.05, 4.69) is 0 Å². The second-order valence-electron chi connectivity index (χ2n) is 3.65. The van der Waals surface area contributed by atoms with Gasteiger partial charge in [0.2, 0.25) is 0 Å². The molecule has 0 aromatic rings. The van der Waals surface area contributed by atoms with Crippen molar-refractivity contribution in [1.29, 1.82) is 0 Å². The summed E-state index contributed by atoms with van der Waals surface area (Å²) in [5.41, 5.74) is 0. The molecule has 0 saturated heterocycles. The minimum Gasteiger partial charge on any atom is -0.396 e. The van der Waals surface area contributed by atoms with Gasteiger partial charge in [-0.3, -0.25) is 0 Å². The van der Waals surface area contributed by atoms with Gasteiger partial charge in [0.05, 0.1) is 12.7 Å². The molecule has 98 valence electrons. The van der Waals surface area contributed by atoms with Crippen LogP contribution in [-0.2, 0) is 0 Å². The highest BCUT2D eigenvalue weighted by atomic mass is 16.4. The maximum absolute atomic E-state index is 9.39. The van der Waals surface area contributed by atoms with E-state index in [0.717, 1.165) is 0 Å². The van der Waals surface area contributed by atoms with Gasteiger partial charge in [-0.15, -0.1) is 0 Å². The van der Waals surface area contributed by atoms with Crippen LogP contribution in [0.1, 0.15) is 12.8 Å². The second kappa shape index (κ2) is 7.91. The molecule has 16 heavy (non-hydrogen) atoms. The molecule has 0 fully saturated rings. The Morgan fingerprint density at radius 2 is 1.19 bits per heavy atom. The molecule has 0 aliphatic heterocycles. The molecule has 0 spiro atoms. The van der Waals surface area contributed by atoms with Gasteiger partial charge in [-0.05, 0) is 12.8 Å². The highest BCUT2D eigenvalue weighted by Gasteiger charge is 2.33. The molecule has 7 heteroatoms. The van der Waals surface area contributed by atoms with Crippen LogP contribution in [0.2, 0.25) is 0 Å². The van der Waals surface area contributed by atoms with Crippen LogP contribution in [0.5, 0.6) is 0 Å². The summed E-state index contributed by atoms with van der Waals surface area (Å²) in [5, 5.41) is 63.4. The number of aliphatic hydroxyl groups excluding tert-OH is 7. The van der Waals surface area contributed by atoms with Crippen molar-refractivity contribution in [3.05, 3.63) is 0 Å². The summed E-state index contributed by atoms with van der Waals surface area (Å²) in [7, 11) is 0. The van der Waals surface area contributed by atoms with Gasteiger partial charge in [0.25, 0.3) is 0 Å². The smallest absolute Gasteiger partial charge is 0.111 e. The van der Waals surface area contributed by atoms with E-state index < -0.39 is 37.1 Å². The summed E-state index contributed by atoms with van der Waals surface area (Å²) in [6, 6.07) is 0. The molecular weight excluding hydrogens is 220 g/mol. The largest absolute Gasteiger partial charge is 0.396 e. The van der Waals surface area contributed by atoms with Crippen molar-refractivity contribution in [2.45, 2.75) is 43.4 Å². The molecule has 0 heterocycles. The molecule has 0 aromatic carbocycles. The molecule has 0 aliphatic carbocycles. The topological polar surface area (TPSA) is 142 Å². The number of hydrogen-bond acceptors (Lipinski definition) is 7. The van der Waals surface area contributed by atoms with Crippen LogP contribution in [0.25, 0.3) is 0 Å². The molecule has 7 nitrogen and oxygen atoms in total. The van der Waals surface area contributed by atoms with Crippen LogP contribution in [0, 0.1) is 0 Å². The summed E-state index contributed by atoms with van der Waals surface area (Å²) in [6.45, 7) is -0.931. The van der Waals surface area contributed by atoms with Crippen LogP contribution < -0.4 is 0 Å². The lowest BCUT2D eigenvalue weighted by atomic mass is 9.97. The predicted octanol–water partition coefficient (Wildman–Crippen LogP) is -3.44. The van der Waals surface area contributed by atoms with Gasteiger partial charge in [0, 0.05) is 6.61 Å². The lowest BCUT2D eigenvalue weighted by Crippen LogP contribution is -2.50. The monoisotopic (exact) mass is 240 g/mol. The van der Waals surface area contributed by atoms with Crippen molar-refractivity contribution in [3.63, 3.8) is 0 Å². The highest BCUT2D eigenvalue weighted by molar-refractivity contribution is 4.84. The Bertz CT molecular complexity index is 177. The van der Waals surface area contributed by atoms with E-state index in [-0.39, 0.29) is 19.4 Å². The first-order chi connectivity index (χ1) is 7.45. The van der Waals surface area contributed by atoms with Crippen LogP contribution in [0.4, 0.5) is 0 Å². The van der Waals surface area contributed by atoms with E-state index in [4.69, 9.17) is 15.3 Å². The third-order valence-electron chi connectivity index (χ3n) is 2.33. The van der Waals surface area contributed by atoms with E-state index in [9.17, 15) is 20.4 Å². The number of hydrogen-bond donors (Lipinski definition) is 7. The van der Waals surface area contributed by atoms with Crippen molar-refractivity contribution < 1.29 is 35.7 Å². The fraction of sp³-hybridized carbons (Fsp3) is 1.00. The van der Waals surface area contributed by atoms with E-state index in [1.54, 1.807) is 0 Å². The molecule has 0 saturated carbocycles. The summed E-state index contributed by atoms with van der Waals surface area (Å²) in [4.78, 5) is 0. The zero-order chi connectivity index (χ0) is 12.7. The molecule has 1 unspecified atom stereocenters. The molecule has 0 aromatic heterocycles. The lowest BCUT2D eigenvalue weighted by molar-refractivity contribution is -0.141. The van der Waals surface area contributed by atoms with Gasteiger partial charge in [-0.2, -0.15) is 0 Å². The first kappa shape index (κ1) is 15.7. The van der Waals surface area contributed by atoms with Gasteiger partial charge in [-0.1, -0.05) is 0 Å². The molecule has 0 amide bonds. The predicted molar refractivity (Wildman–Crippen MR) is 53.4 cm³/mol. The first-order valence-corrected chi connectivity index (χ1v) is 5.07. The second-order valence-corrected chi connectivity index (χ2v) is 3.65.